The average molecular weight is 248 g/mol. The number of hydrogen-bond acceptors (Lipinski definition) is 3. The summed E-state index contributed by atoms with van der Waals surface area (Å²) in [6, 6.07) is 7.68. The second-order valence-electron chi connectivity index (χ2n) is 4.82. The maximum atomic E-state index is 12.1. The highest BCUT2D eigenvalue weighted by atomic mass is 16.5. The minimum absolute atomic E-state index is 0.0505. The maximum Gasteiger partial charge on any atom is 0.241 e. The van der Waals surface area contributed by atoms with Crippen molar-refractivity contribution in [2.24, 2.45) is 5.92 Å². The van der Waals surface area contributed by atoms with Crippen LogP contribution in [-0.2, 0) is 16.1 Å². The highest BCUT2D eigenvalue weighted by Gasteiger charge is 2.29. The molecule has 1 saturated heterocycles. The summed E-state index contributed by atoms with van der Waals surface area (Å²) in [6.07, 6.45) is 1.06. The van der Waals surface area contributed by atoms with Gasteiger partial charge in [0.2, 0.25) is 5.91 Å². The zero-order valence-electron chi connectivity index (χ0n) is 10.9. The van der Waals surface area contributed by atoms with Gasteiger partial charge in [0, 0.05) is 12.8 Å². The second-order valence-corrected chi connectivity index (χ2v) is 4.82. The van der Waals surface area contributed by atoms with E-state index in [0.29, 0.717) is 12.5 Å². The van der Waals surface area contributed by atoms with Gasteiger partial charge in [-0.2, -0.15) is 0 Å². The number of benzene rings is 1. The number of carbonyl (C=O) groups is 1. The van der Waals surface area contributed by atoms with Gasteiger partial charge in [0.05, 0.1) is 12.6 Å². The van der Waals surface area contributed by atoms with Gasteiger partial charge in [-0.05, 0) is 36.6 Å². The molecule has 4 nitrogen and oxygen atoms in total. The molecule has 1 aromatic carbocycles. The lowest BCUT2D eigenvalue weighted by molar-refractivity contribution is -0.118. The molecule has 0 spiro atoms. The van der Waals surface area contributed by atoms with Crippen molar-refractivity contribution in [2.75, 3.05) is 19.0 Å². The summed E-state index contributed by atoms with van der Waals surface area (Å²) in [5.41, 5.74) is 1.89. The molecule has 18 heavy (non-hydrogen) atoms. The molecule has 1 fully saturated rings. The molecule has 0 radical (unpaired) electrons. The van der Waals surface area contributed by atoms with Crippen LogP contribution in [0.3, 0.4) is 0 Å². The Bertz CT molecular complexity index is 420. The highest BCUT2D eigenvalue weighted by Crippen LogP contribution is 2.17. The van der Waals surface area contributed by atoms with Crippen LogP contribution in [0.15, 0.2) is 24.3 Å². The lowest BCUT2D eigenvalue weighted by Crippen LogP contribution is -2.39. The Kier molecular flexibility index (Phi) is 4.33. The molecule has 1 aromatic rings. The molecule has 1 heterocycles. The summed E-state index contributed by atoms with van der Waals surface area (Å²) in [5, 5.41) is 6.19. The molecule has 0 aromatic heterocycles. The SMILES string of the molecule is COCc1cccc(NC(=O)C2NCCC2C)c1. The zero-order valence-corrected chi connectivity index (χ0v) is 10.9. The molecule has 4 heteroatoms. The van der Waals surface area contributed by atoms with Crippen molar-refractivity contribution in [3.8, 4) is 0 Å². The summed E-state index contributed by atoms with van der Waals surface area (Å²) < 4.78 is 5.08. The van der Waals surface area contributed by atoms with E-state index in [4.69, 9.17) is 4.74 Å². The van der Waals surface area contributed by atoms with Crippen LogP contribution in [0.1, 0.15) is 18.9 Å². The Morgan fingerprint density at radius 3 is 3.06 bits per heavy atom. The lowest BCUT2D eigenvalue weighted by Gasteiger charge is -2.15. The normalized spacial score (nSPS) is 23.0. The number of nitrogens with one attached hydrogen (secondary N) is 2. The topological polar surface area (TPSA) is 50.4 Å². The standard InChI is InChI=1S/C14H20N2O2/c1-10-6-7-15-13(10)14(17)16-12-5-3-4-11(8-12)9-18-2/h3-5,8,10,13,15H,6-7,9H2,1-2H3,(H,16,17). The number of anilines is 1. The van der Waals surface area contributed by atoms with Gasteiger partial charge in [0.25, 0.3) is 0 Å². The van der Waals surface area contributed by atoms with Crippen molar-refractivity contribution >= 4 is 11.6 Å². The van der Waals surface area contributed by atoms with E-state index in [9.17, 15) is 4.79 Å². The zero-order chi connectivity index (χ0) is 13.0. The van der Waals surface area contributed by atoms with E-state index < -0.39 is 0 Å². The van der Waals surface area contributed by atoms with E-state index in [-0.39, 0.29) is 11.9 Å². The number of rotatable bonds is 4. The van der Waals surface area contributed by atoms with Crippen LogP contribution in [0.25, 0.3) is 0 Å². The molecular weight excluding hydrogens is 228 g/mol. The van der Waals surface area contributed by atoms with Gasteiger partial charge in [0.15, 0.2) is 0 Å². The number of ether oxygens (including phenoxy) is 1. The maximum absolute atomic E-state index is 12.1. The Labute approximate surface area is 108 Å². The molecule has 2 N–H and O–H groups in total. The summed E-state index contributed by atoms with van der Waals surface area (Å²) in [7, 11) is 1.66. The van der Waals surface area contributed by atoms with Crippen molar-refractivity contribution in [3.05, 3.63) is 29.8 Å². The average Bonchev–Trinajstić information content (AvgIpc) is 2.76. The van der Waals surface area contributed by atoms with Crippen molar-refractivity contribution in [3.63, 3.8) is 0 Å². The van der Waals surface area contributed by atoms with Gasteiger partial charge in [-0.3, -0.25) is 4.79 Å². The van der Waals surface area contributed by atoms with E-state index in [1.807, 2.05) is 24.3 Å². The van der Waals surface area contributed by atoms with Crippen molar-refractivity contribution in [1.29, 1.82) is 0 Å². The van der Waals surface area contributed by atoms with Crippen LogP contribution in [0, 0.1) is 5.92 Å². The van der Waals surface area contributed by atoms with E-state index >= 15 is 0 Å². The molecule has 1 amide bonds. The largest absolute Gasteiger partial charge is 0.380 e. The summed E-state index contributed by atoms with van der Waals surface area (Å²) in [6.45, 7) is 3.58. The molecule has 98 valence electrons. The minimum Gasteiger partial charge on any atom is -0.380 e. The van der Waals surface area contributed by atoms with Gasteiger partial charge < -0.3 is 15.4 Å². The molecular formula is C14H20N2O2. The van der Waals surface area contributed by atoms with Gasteiger partial charge in [-0.15, -0.1) is 0 Å². The van der Waals surface area contributed by atoms with E-state index in [1.54, 1.807) is 7.11 Å². The minimum atomic E-state index is -0.0731. The quantitative estimate of drug-likeness (QED) is 0.853. The van der Waals surface area contributed by atoms with Gasteiger partial charge in [-0.1, -0.05) is 19.1 Å². The number of carbonyl (C=O) groups excluding carboxylic acids is 1. The summed E-state index contributed by atoms with van der Waals surface area (Å²) in [4.78, 5) is 12.1. The van der Waals surface area contributed by atoms with Crippen LogP contribution in [0.2, 0.25) is 0 Å². The fourth-order valence-corrected chi connectivity index (χ4v) is 2.31. The molecule has 0 bridgehead atoms. The van der Waals surface area contributed by atoms with Crippen molar-refractivity contribution < 1.29 is 9.53 Å². The number of methoxy groups -OCH3 is 1. The first-order valence-corrected chi connectivity index (χ1v) is 6.33. The molecule has 1 aliphatic rings. The van der Waals surface area contributed by atoms with Gasteiger partial charge in [-0.25, -0.2) is 0 Å². The second kappa shape index (κ2) is 5.98. The fraction of sp³-hybridized carbons (Fsp3) is 0.500. The summed E-state index contributed by atoms with van der Waals surface area (Å²) >= 11 is 0. The van der Waals surface area contributed by atoms with Crippen LogP contribution in [0.4, 0.5) is 5.69 Å². The van der Waals surface area contributed by atoms with Crippen LogP contribution in [-0.4, -0.2) is 25.6 Å². The van der Waals surface area contributed by atoms with E-state index in [1.165, 1.54) is 0 Å². The Morgan fingerprint density at radius 1 is 1.56 bits per heavy atom. The lowest BCUT2D eigenvalue weighted by atomic mass is 10.0. The Hall–Kier alpha value is -1.39. The van der Waals surface area contributed by atoms with Crippen LogP contribution >= 0.6 is 0 Å². The fourth-order valence-electron chi connectivity index (χ4n) is 2.31. The Balaban J connectivity index is 2.00. The third-order valence-corrected chi connectivity index (χ3v) is 3.32. The van der Waals surface area contributed by atoms with E-state index in [2.05, 4.69) is 17.6 Å². The molecule has 2 atom stereocenters. The first-order valence-electron chi connectivity index (χ1n) is 6.33. The molecule has 0 saturated carbocycles. The first kappa shape index (κ1) is 13.1. The third kappa shape index (κ3) is 3.09. The number of amides is 1. The number of hydrogen-bond donors (Lipinski definition) is 2. The molecule has 0 aliphatic carbocycles. The Morgan fingerprint density at radius 2 is 2.39 bits per heavy atom. The summed E-state index contributed by atoms with van der Waals surface area (Å²) in [5.74, 6) is 0.446. The van der Waals surface area contributed by atoms with E-state index in [0.717, 1.165) is 24.2 Å². The first-order chi connectivity index (χ1) is 8.70. The van der Waals surface area contributed by atoms with Crippen molar-refractivity contribution in [1.82, 2.24) is 5.32 Å². The molecule has 1 aliphatic heterocycles. The highest BCUT2D eigenvalue weighted by molar-refractivity contribution is 5.95. The predicted octanol–water partition coefficient (Wildman–Crippen LogP) is 1.77. The van der Waals surface area contributed by atoms with Crippen LogP contribution in [0.5, 0.6) is 0 Å². The molecule has 2 rings (SSSR count). The van der Waals surface area contributed by atoms with Crippen LogP contribution < -0.4 is 10.6 Å². The van der Waals surface area contributed by atoms with Gasteiger partial charge >= 0.3 is 0 Å². The monoisotopic (exact) mass is 248 g/mol. The predicted molar refractivity (Wildman–Crippen MR) is 71.4 cm³/mol. The van der Waals surface area contributed by atoms with Crippen molar-refractivity contribution in [2.45, 2.75) is 26.0 Å². The van der Waals surface area contributed by atoms with Gasteiger partial charge in [0.1, 0.15) is 0 Å². The molecule has 2 unspecified atom stereocenters. The smallest absolute Gasteiger partial charge is 0.241 e. The third-order valence-electron chi connectivity index (χ3n) is 3.32.